The lowest BCUT2D eigenvalue weighted by Gasteiger charge is -2.50. The molecule has 3 aliphatic rings. The maximum atomic E-state index is 13.3. The number of benzene rings is 1. The molecule has 8 N–H and O–H groups in total. The van der Waals surface area contributed by atoms with E-state index in [-0.39, 0.29) is 22.4 Å². The second-order valence-electron chi connectivity index (χ2n) is 8.70. The van der Waals surface area contributed by atoms with Gasteiger partial charge >= 0.3 is 0 Å². The molecule has 1 aromatic rings. The first kappa shape index (κ1) is 24.4. The summed E-state index contributed by atoms with van der Waals surface area (Å²) in [6, 6.07) is 4.47. The lowest BCUT2D eigenvalue weighted by atomic mass is 9.56. The third-order valence-corrected chi connectivity index (χ3v) is 6.67. The third-order valence-electron chi connectivity index (χ3n) is 6.67. The van der Waals surface area contributed by atoms with Gasteiger partial charge in [-0.2, -0.15) is 0 Å². The third kappa shape index (κ3) is 3.16. The summed E-state index contributed by atoms with van der Waals surface area (Å²) >= 11 is 0. The molecule has 0 saturated heterocycles. The Morgan fingerprint density at radius 3 is 2.42 bits per heavy atom. The molecule has 1 amide bonds. The first-order chi connectivity index (χ1) is 14.9. The van der Waals surface area contributed by atoms with Gasteiger partial charge in [0.25, 0.3) is 5.91 Å². The van der Waals surface area contributed by atoms with Crippen LogP contribution in [0, 0.1) is 11.8 Å². The van der Waals surface area contributed by atoms with Crippen LogP contribution in [0.15, 0.2) is 40.9 Å². The van der Waals surface area contributed by atoms with Crippen LogP contribution in [0.4, 0.5) is 0 Å². The molecule has 0 aromatic heterocycles. The molecule has 0 radical (unpaired) electrons. The van der Waals surface area contributed by atoms with E-state index in [4.69, 9.17) is 0 Å². The van der Waals surface area contributed by atoms with E-state index in [0.29, 0.717) is 5.56 Å². The van der Waals surface area contributed by atoms with Crippen LogP contribution >= 0.6 is 0 Å². The van der Waals surface area contributed by atoms with Gasteiger partial charge in [-0.15, -0.1) is 0 Å². The Morgan fingerprint density at radius 2 is 1.82 bits per heavy atom. The van der Waals surface area contributed by atoms with Crippen molar-refractivity contribution in [3.8, 4) is 5.75 Å². The fourth-order valence-corrected chi connectivity index (χ4v) is 5.19. The zero-order valence-corrected chi connectivity index (χ0v) is 18.2. The molecular formula is C22H26N2O9. The minimum absolute atomic E-state index is 0. The Bertz CT molecular complexity index is 1120. The van der Waals surface area contributed by atoms with Gasteiger partial charge in [-0.25, -0.2) is 5.01 Å². The van der Waals surface area contributed by atoms with Crippen molar-refractivity contribution in [3.05, 3.63) is 52.0 Å². The minimum atomic E-state index is -2.80. The van der Waals surface area contributed by atoms with Gasteiger partial charge in [0.05, 0.1) is 11.7 Å². The lowest BCUT2D eigenvalue weighted by molar-refractivity contribution is -0.155. The van der Waals surface area contributed by atoms with E-state index in [9.17, 15) is 39.9 Å². The van der Waals surface area contributed by atoms with Gasteiger partial charge in [-0.1, -0.05) is 19.1 Å². The number of aromatic hydroxyl groups is 1. The molecule has 5 atom stereocenters. The van der Waals surface area contributed by atoms with Crippen LogP contribution in [0.3, 0.4) is 0 Å². The number of Topliss-reactive ketones (excluding diaryl/α,β-unsaturated/α-hetero) is 2. The number of phenolic OH excluding ortho intramolecular Hbond substituents is 1. The number of amides is 1. The highest BCUT2D eigenvalue weighted by molar-refractivity contribution is 6.25. The molecule has 4 rings (SSSR count). The van der Waals surface area contributed by atoms with E-state index in [1.165, 1.54) is 25.2 Å². The zero-order valence-electron chi connectivity index (χ0n) is 18.2. The quantitative estimate of drug-likeness (QED) is 0.245. The molecule has 0 spiro atoms. The summed E-state index contributed by atoms with van der Waals surface area (Å²) in [7, 11) is 2.95. The topological polar surface area (TPSA) is 199 Å². The van der Waals surface area contributed by atoms with E-state index in [1.807, 2.05) is 0 Å². The molecule has 5 unspecified atom stereocenters. The van der Waals surface area contributed by atoms with Gasteiger partial charge in [0, 0.05) is 37.9 Å². The maximum Gasteiger partial charge on any atom is 0.272 e. The van der Waals surface area contributed by atoms with Crippen molar-refractivity contribution in [2.24, 2.45) is 11.8 Å². The van der Waals surface area contributed by atoms with Gasteiger partial charge in [-0.3, -0.25) is 19.8 Å². The molecule has 0 saturated carbocycles. The number of carbonyl (C=O) groups is 3. The van der Waals surface area contributed by atoms with Crippen molar-refractivity contribution in [1.29, 1.82) is 0 Å². The van der Waals surface area contributed by atoms with Crippen LogP contribution in [0.5, 0.6) is 5.75 Å². The number of phenols is 1. The smallest absolute Gasteiger partial charge is 0.272 e. The summed E-state index contributed by atoms with van der Waals surface area (Å²) < 4.78 is 0. The number of aliphatic hydroxyl groups excluding tert-OH is 3. The summed E-state index contributed by atoms with van der Waals surface area (Å²) in [5.74, 6) is -8.05. The Kier molecular flexibility index (Phi) is 5.88. The van der Waals surface area contributed by atoms with Crippen LogP contribution in [-0.2, 0) is 9.59 Å². The van der Waals surface area contributed by atoms with Crippen molar-refractivity contribution in [1.82, 2.24) is 10.4 Å². The monoisotopic (exact) mass is 462 g/mol. The van der Waals surface area contributed by atoms with Crippen molar-refractivity contribution < 1.29 is 45.4 Å². The predicted molar refractivity (Wildman–Crippen MR) is 113 cm³/mol. The van der Waals surface area contributed by atoms with Crippen molar-refractivity contribution in [2.75, 3.05) is 14.1 Å². The molecule has 0 fully saturated rings. The van der Waals surface area contributed by atoms with E-state index < -0.39 is 70.4 Å². The SMILES string of the molecule is CC1c2cccc(O)c2C(=O)C2=C(O)C3(O)C(=O)C(C(=O)NN(C)C)=C(O)CC3C(O)C21.O. The molecule has 1 aromatic carbocycles. The summed E-state index contributed by atoms with van der Waals surface area (Å²) in [6.07, 6.45) is -1.98. The molecular weight excluding hydrogens is 436 g/mol. The first-order valence-corrected chi connectivity index (χ1v) is 10.1. The standard InChI is InChI=1S/C22H24N2O8.H2O/c1-8-9-5-4-6-11(25)14(9)18(28)16-13(8)17(27)10-7-12(26)15(21(31)23-24(2)3)19(29)22(10,32)20(16)30;/h4-6,8,10,13,17,25-27,30,32H,7H2,1-3H3,(H,23,31);1H2. The first-order valence-electron chi connectivity index (χ1n) is 10.1. The van der Waals surface area contributed by atoms with Crippen LogP contribution in [0.25, 0.3) is 0 Å². The molecule has 178 valence electrons. The van der Waals surface area contributed by atoms with Crippen molar-refractivity contribution in [3.63, 3.8) is 0 Å². The van der Waals surface area contributed by atoms with Crippen LogP contribution in [-0.4, -0.2) is 79.3 Å². The number of hydrogen-bond acceptors (Lipinski definition) is 9. The highest BCUT2D eigenvalue weighted by atomic mass is 16.4. The normalized spacial score (nSPS) is 31.0. The van der Waals surface area contributed by atoms with Gasteiger partial charge < -0.3 is 31.0 Å². The maximum absolute atomic E-state index is 13.3. The fraction of sp³-hybridized carbons (Fsp3) is 0.409. The number of hydrogen-bond donors (Lipinski definition) is 6. The van der Waals surface area contributed by atoms with E-state index in [0.717, 1.165) is 0 Å². The van der Waals surface area contributed by atoms with Crippen LogP contribution < -0.4 is 5.43 Å². The van der Waals surface area contributed by atoms with E-state index in [2.05, 4.69) is 5.43 Å². The molecule has 3 aliphatic carbocycles. The Hall–Kier alpha value is -3.25. The summed E-state index contributed by atoms with van der Waals surface area (Å²) in [6.45, 7) is 1.69. The number of carbonyl (C=O) groups excluding carboxylic acids is 3. The Balaban J connectivity index is 0.00000306. The van der Waals surface area contributed by atoms with Gasteiger partial charge in [-0.05, 0) is 17.5 Å². The Labute approximate surface area is 188 Å². The number of fused-ring (bicyclic) bond motifs is 3. The van der Waals surface area contributed by atoms with E-state index in [1.54, 1.807) is 19.1 Å². The number of rotatable bonds is 2. The van der Waals surface area contributed by atoms with Gasteiger partial charge in [0.1, 0.15) is 22.8 Å². The van der Waals surface area contributed by atoms with Crippen molar-refractivity contribution >= 4 is 17.5 Å². The minimum Gasteiger partial charge on any atom is -0.511 e. The number of hydrazine groups is 1. The number of nitrogens with zero attached hydrogens (tertiary/aromatic N) is 1. The summed E-state index contributed by atoms with van der Waals surface area (Å²) in [5, 5.41) is 55.5. The number of ketones is 2. The second-order valence-corrected chi connectivity index (χ2v) is 8.70. The molecule has 0 aliphatic heterocycles. The molecule has 0 heterocycles. The molecule has 11 heteroatoms. The summed E-state index contributed by atoms with van der Waals surface area (Å²) in [4.78, 5) is 39.0. The average Bonchev–Trinajstić information content (AvgIpc) is 2.70. The zero-order chi connectivity index (χ0) is 23.7. The number of allylic oxidation sites excluding steroid dienone is 1. The van der Waals surface area contributed by atoms with Crippen LogP contribution in [0.2, 0.25) is 0 Å². The van der Waals surface area contributed by atoms with Crippen LogP contribution in [0.1, 0.15) is 35.2 Å². The lowest BCUT2D eigenvalue weighted by Crippen LogP contribution is -2.62. The predicted octanol–water partition coefficient (Wildman–Crippen LogP) is -0.605. The summed E-state index contributed by atoms with van der Waals surface area (Å²) in [5.41, 5.74) is -1.30. The highest BCUT2D eigenvalue weighted by Gasteiger charge is 2.64. The van der Waals surface area contributed by atoms with Gasteiger partial charge in [0.2, 0.25) is 5.78 Å². The largest absolute Gasteiger partial charge is 0.511 e. The second kappa shape index (κ2) is 7.96. The Morgan fingerprint density at radius 1 is 1.18 bits per heavy atom. The number of nitrogens with one attached hydrogen (secondary N) is 1. The molecule has 0 bridgehead atoms. The van der Waals surface area contributed by atoms with Gasteiger partial charge in [0.15, 0.2) is 11.4 Å². The van der Waals surface area contributed by atoms with Crippen molar-refractivity contribution in [2.45, 2.75) is 31.0 Å². The molecule has 33 heavy (non-hydrogen) atoms. The van der Waals surface area contributed by atoms with E-state index >= 15 is 0 Å². The highest BCUT2D eigenvalue weighted by Crippen LogP contribution is 2.54. The number of aliphatic hydroxyl groups is 4. The fourth-order valence-electron chi connectivity index (χ4n) is 5.19. The average molecular weight is 462 g/mol. The molecule has 11 nitrogen and oxygen atoms in total.